The molecule has 28 heavy (non-hydrogen) atoms. The monoisotopic (exact) mass is 401 g/mol. The van der Waals surface area contributed by atoms with Crippen molar-refractivity contribution in [2.24, 2.45) is 11.7 Å². The molecule has 0 spiro atoms. The van der Waals surface area contributed by atoms with E-state index in [4.69, 9.17) is 23.8 Å². The predicted octanol–water partition coefficient (Wildman–Crippen LogP) is 1.60. The molecule has 0 radical (unpaired) electrons. The van der Waals surface area contributed by atoms with Crippen LogP contribution in [-0.2, 0) is 19.8 Å². The van der Waals surface area contributed by atoms with E-state index in [-0.39, 0.29) is 24.2 Å². The van der Waals surface area contributed by atoms with Crippen molar-refractivity contribution in [1.29, 1.82) is 0 Å². The van der Waals surface area contributed by atoms with Gasteiger partial charge in [0.05, 0.1) is 17.9 Å². The first kappa shape index (κ1) is 20.2. The lowest BCUT2D eigenvalue weighted by molar-refractivity contribution is -0.140. The van der Waals surface area contributed by atoms with Crippen LogP contribution in [0.4, 0.5) is 0 Å². The molecular formula is C21H24ClN3O3. The van der Waals surface area contributed by atoms with E-state index in [2.05, 4.69) is 11.2 Å². The normalized spacial score (nSPS) is 23.5. The van der Waals surface area contributed by atoms with Crippen molar-refractivity contribution in [2.45, 2.75) is 50.1 Å². The van der Waals surface area contributed by atoms with Gasteiger partial charge in [0.1, 0.15) is 6.04 Å². The van der Waals surface area contributed by atoms with Gasteiger partial charge in [-0.25, -0.2) is 0 Å². The molecule has 3 amide bonds. The molecule has 7 heteroatoms. The highest BCUT2D eigenvalue weighted by Crippen LogP contribution is 2.50. The number of nitrogens with two attached hydrogens (primary N) is 1. The molecule has 1 heterocycles. The summed E-state index contributed by atoms with van der Waals surface area (Å²) in [7, 11) is 0. The molecule has 2 aliphatic rings. The van der Waals surface area contributed by atoms with E-state index >= 15 is 0 Å². The molecule has 3 atom stereocenters. The van der Waals surface area contributed by atoms with E-state index in [9.17, 15) is 14.4 Å². The van der Waals surface area contributed by atoms with E-state index in [1.54, 1.807) is 17.0 Å². The van der Waals surface area contributed by atoms with Gasteiger partial charge in [0.2, 0.25) is 17.7 Å². The third-order valence-corrected chi connectivity index (χ3v) is 5.80. The molecule has 1 aliphatic heterocycles. The molecule has 1 saturated carbocycles. The second kappa shape index (κ2) is 7.84. The summed E-state index contributed by atoms with van der Waals surface area (Å²) in [5.41, 5.74) is 5.53. The smallest absolute Gasteiger partial charge is 0.243 e. The third-order valence-electron chi connectivity index (χ3n) is 5.55. The first-order chi connectivity index (χ1) is 13.3. The highest BCUT2D eigenvalue weighted by atomic mass is 35.5. The van der Waals surface area contributed by atoms with Crippen molar-refractivity contribution in [2.75, 3.05) is 6.54 Å². The number of hydrogen-bond donors (Lipinski definition) is 2. The fraction of sp³-hybridized carbons (Fsp3) is 0.476. The topological polar surface area (TPSA) is 92.5 Å². The van der Waals surface area contributed by atoms with Gasteiger partial charge in [-0.2, -0.15) is 0 Å². The zero-order valence-electron chi connectivity index (χ0n) is 15.8. The van der Waals surface area contributed by atoms with Crippen molar-refractivity contribution >= 4 is 29.3 Å². The van der Waals surface area contributed by atoms with Gasteiger partial charge in [0, 0.05) is 11.6 Å². The molecule has 0 bridgehead atoms. The van der Waals surface area contributed by atoms with E-state index in [0.717, 1.165) is 18.4 Å². The zero-order chi connectivity index (χ0) is 20.5. The SMILES string of the molecule is C#C[C@H](CC(N)=O)NC(=O)[C@@H]1C[C@H](C)CN1C(=O)C1(c2ccc(Cl)cc2)CC1. The Bertz CT molecular complexity index is 826. The molecule has 1 aromatic rings. The van der Waals surface area contributed by atoms with Gasteiger partial charge in [0.25, 0.3) is 0 Å². The number of primary amides is 1. The zero-order valence-corrected chi connectivity index (χ0v) is 16.5. The number of rotatable bonds is 6. The van der Waals surface area contributed by atoms with Gasteiger partial charge in [-0.1, -0.05) is 36.6 Å². The standard InChI is InChI=1S/C21H24ClN3O3/c1-3-16(11-18(23)26)24-19(27)17-10-13(2)12-25(17)20(28)21(8-9-21)14-4-6-15(22)7-5-14/h1,4-7,13,16-17H,8-12H2,2H3,(H2,23,26)(H,24,27)/t13-,16+,17-/m0/s1. The van der Waals surface area contributed by atoms with Crippen molar-refractivity contribution in [3.63, 3.8) is 0 Å². The summed E-state index contributed by atoms with van der Waals surface area (Å²) in [5.74, 6) is 1.60. The van der Waals surface area contributed by atoms with Crippen molar-refractivity contribution in [3.8, 4) is 12.3 Å². The second-order valence-corrected chi connectivity index (χ2v) is 8.24. The Morgan fingerprint density at radius 1 is 1.36 bits per heavy atom. The number of carbonyl (C=O) groups excluding carboxylic acids is 3. The maximum absolute atomic E-state index is 13.4. The fourth-order valence-corrected chi connectivity index (χ4v) is 4.06. The number of benzene rings is 1. The lowest BCUT2D eigenvalue weighted by Gasteiger charge is -2.29. The molecule has 6 nitrogen and oxygen atoms in total. The number of hydrogen-bond acceptors (Lipinski definition) is 3. The Kier molecular flexibility index (Phi) is 5.66. The van der Waals surface area contributed by atoms with Crippen LogP contribution in [0.5, 0.6) is 0 Å². The second-order valence-electron chi connectivity index (χ2n) is 7.80. The summed E-state index contributed by atoms with van der Waals surface area (Å²) in [4.78, 5) is 39.0. The summed E-state index contributed by atoms with van der Waals surface area (Å²) in [5, 5.41) is 3.30. The van der Waals surface area contributed by atoms with Crippen molar-refractivity contribution in [1.82, 2.24) is 10.2 Å². The Morgan fingerprint density at radius 3 is 2.54 bits per heavy atom. The van der Waals surface area contributed by atoms with Gasteiger partial charge in [-0.05, 0) is 42.9 Å². The number of amides is 3. The fourth-order valence-electron chi connectivity index (χ4n) is 3.93. The molecule has 1 saturated heterocycles. The number of terminal acetylenes is 1. The van der Waals surface area contributed by atoms with Gasteiger partial charge in [-0.3, -0.25) is 14.4 Å². The third kappa shape index (κ3) is 4.00. The van der Waals surface area contributed by atoms with Crippen LogP contribution in [0.2, 0.25) is 5.02 Å². The highest BCUT2D eigenvalue weighted by molar-refractivity contribution is 6.30. The molecule has 0 unspecified atom stereocenters. The van der Waals surface area contributed by atoms with Gasteiger partial charge in [0.15, 0.2) is 0 Å². The van der Waals surface area contributed by atoms with E-state index in [1.165, 1.54) is 0 Å². The lowest BCUT2D eigenvalue weighted by Crippen LogP contribution is -2.51. The van der Waals surface area contributed by atoms with Crippen LogP contribution < -0.4 is 11.1 Å². The average Bonchev–Trinajstić information content (AvgIpc) is 3.36. The molecule has 2 fully saturated rings. The number of likely N-dealkylation sites (tertiary alicyclic amines) is 1. The van der Waals surface area contributed by atoms with Crippen LogP contribution in [0.15, 0.2) is 24.3 Å². The minimum absolute atomic E-state index is 0.0357. The minimum Gasteiger partial charge on any atom is -0.370 e. The van der Waals surface area contributed by atoms with Gasteiger partial charge in [-0.15, -0.1) is 6.42 Å². The Balaban J connectivity index is 1.77. The van der Waals surface area contributed by atoms with Gasteiger partial charge >= 0.3 is 0 Å². The Labute approximate surface area is 169 Å². The van der Waals surface area contributed by atoms with Crippen molar-refractivity contribution in [3.05, 3.63) is 34.9 Å². The largest absolute Gasteiger partial charge is 0.370 e. The first-order valence-electron chi connectivity index (χ1n) is 9.39. The maximum atomic E-state index is 13.4. The van der Waals surface area contributed by atoms with Crippen LogP contribution in [0, 0.1) is 18.3 Å². The van der Waals surface area contributed by atoms with Gasteiger partial charge < -0.3 is 16.0 Å². The summed E-state index contributed by atoms with van der Waals surface area (Å²) in [6, 6.07) is 5.94. The molecule has 0 aromatic heterocycles. The first-order valence-corrected chi connectivity index (χ1v) is 9.76. The molecule has 1 aliphatic carbocycles. The van der Waals surface area contributed by atoms with Crippen LogP contribution in [0.25, 0.3) is 0 Å². The van der Waals surface area contributed by atoms with E-state index in [1.807, 2.05) is 19.1 Å². The van der Waals surface area contributed by atoms with Crippen LogP contribution >= 0.6 is 11.6 Å². The lowest BCUT2D eigenvalue weighted by atomic mass is 9.94. The minimum atomic E-state index is -0.774. The average molecular weight is 402 g/mol. The summed E-state index contributed by atoms with van der Waals surface area (Å²) in [6.07, 6.45) is 7.32. The molecule has 3 rings (SSSR count). The predicted molar refractivity (Wildman–Crippen MR) is 106 cm³/mol. The van der Waals surface area contributed by atoms with E-state index < -0.39 is 23.4 Å². The van der Waals surface area contributed by atoms with Crippen LogP contribution in [0.1, 0.15) is 38.2 Å². The highest BCUT2D eigenvalue weighted by Gasteiger charge is 2.55. The van der Waals surface area contributed by atoms with Crippen LogP contribution in [-0.4, -0.2) is 41.2 Å². The number of nitrogens with one attached hydrogen (secondary N) is 1. The number of halogens is 1. The quantitative estimate of drug-likeness (QED) is 0.709. The number of nitrogens with zero attached hydrogens (tertiary/aromatic N) is 1. The Hall–Kier alpha value is -2.52. The molecular weight excluding hydrogens is 378 g/mol. The van der Waals surface area contributed by atoms with Crippen molar-refractivity contribution < 1.29 is 14.4 Å². The summed E-state index contributed by atoms with van der Waals surface area (Å²) >= 11 is 5.97. The summed E-state index contributed by atoms with van der Waals surface area (Å²) in [6.45, 7) is 2.53. The number of carbonyl (C=O) groups is 3. The Morgan fingerprint density at radius 2 is 2.00 bits per heavy atom. The summed E-state index contributed by atoms with van der Waals surface area (Å²) < 4.78 is 0. The molecule has 3 N–H and O–H groups in total. The maximum Gasteiger partial charge on any atom is 0.243 e. The molecule has 148 valence electrons. The van der Waals surface area contributed by atoms with E-state index in [0.29, 0.717) is 18.0 Å². The molecule has 1 aromatic carbocycles. The van der Waals surface area contributed by atoms with Crippen LogP contribution in [0.3, 0.4) is 0 Å².